The van der Waals surface area contributed by atoms with Crippen molar-refractivity contribution in [2.45, 2.75) is 17.4 Å². The minimum absolute atomic E-state index is 0.493. The van der Waals surface area contributed by atoms with Crippen molar-refractivity contribution in [3.05, 3.63) is 24.3 Å². The molecule has 0 radical (unpaired) electrons. The highest BCUT2D eigenvalue weighted by atomic mass is 32.2. The predicted molar refractivity (Wildman–Crippen MR) is 61.1 cm³/mol. The fourth-order valence-corrected chi connectivity index (χ4v) is 2.06. The van der Waals surface area contributed by atoms with Crippen molar-refractivity contribution in [3.63, 3.8) is 0 Å². The molecule has 0 aliphatic carbocycles. The number of hydrogen-bond donors (Lipinski definition) is 1. The van der Waals surface area contributed by atoms with Crippen molar-refractivity contribution >= 4 is 17.4 Å². The highest BCUT2D eigenvalue weighted by molar-refractivity contribution is 7.98. The summed E-state index contributed by atoms with van der Waals surface area (Å²) in [7, 11) is 0. The average Bonchev–Trinajstić information content (AvgIpc) is 2.71. The largest absolute Gasteiger partial charge is 0.380 e. The van der Waals surface area contributed by atoms with Crippen LogP contribution in [0.3, 0.4) is 0 Å². The second-order valence-electron chi connectivity index (χ2n) is 3.44. The van der Waals surface area contributed by atoms with E-state index in [9.17, 15) is 0 Å². The fourth-order valence-electron chi connectivity index (χ4n) is 1.60. The molecule has 1 saturated heterocycles. The fraction of sp³-hybridized carbons (Fsp3) is 0.455. The Morgan fingerprint density at radius 3 is 3.14 bits per heavy atom. The minimum Gasteiger partial charge on any atom is -0.380 e. The van der Waals surface area contributed by atoms with Crippen LogP contribution in [0, 0.1) is 0 Å². The Hall–Kier alpha value is -0.670. The lowest BCUT2D eigenvalue weighted by atomic mass is 10.2. The zero-order valence-corrected chi connectivity index (χ0v) is 9.14. The normalized spacial score (nSPS) is 21.1. The van der Waals surface area contributed by atoms with E-state index in [2.05, 4.69) is 35.8 Å². The van der Waals surface area contributed by atoms with Gasteiger partial charge in [0.1, 0.15) is 0 Å². The Morgan fingerprint density at radius 2 is 2.43 bits per heavy atom. The third-order valence-corrected chi connectivity index (χ3v) is 3.10. The van der Waals surface area contributed by atoms with Crippen LogP contribution in [0.5, 0.6) is 0 Å². The Kier molecular flexibility index (Phi) is 3.32. The summed E-state index contributed by atoms with van der Waals surface area (Å²) in [5, 5.41) is 3.48. The van der Waals surface area contributed by atoms with E-state index >= 15 is 0 Å². The highest BCUT2D eigenvalue weighted by Gasteiger charge is 2.14. The summed E-state index contributed by atoms with van der Waals surface area (Å²) in [5.41, 5.74) is 1.20. The van der Waals surface area contributed by atoms with Crippen LogP contribution >= 0.6 is 11.8 Å². The molecule has 0 spiro atoms. The van der Waals surface area contributed by atoms with Crippen LogP contribution in [-0.4, -0.2) is 25.5 Å². The molecule has 3 heteroatoms. The van der Waals surface area contributed by atoms with Gasteiger partial charge in [0.05, 0.1) is 12.6 Å². The Labute approximate surface area is 89.0 Å². The first-order valence-electron chi connectivity index (χ1n) is 4.87. The third kappa shape index (κ3) is 2.42. The van der Waals surface area contributed by atoms with E-state index in [0.717, 1.165) is 19.6 Å². The van der Waals surface area contributed by atoms with E-state index in [-0.39, 0.29) is 0 Å². The predicted octanol–water partition coefficient (Wildman–Crippen LogP) is 2.61. The molecule has 1 aliphatic rings. The summed E-state index contributed by atoms with van der Waals surface area (Å²) in [6.07, 6.45) is 3.21. The molecular formula is C11H15NOS. The van der Waals surface area contributed by atoms with E-state index in [1.54, 1.807) is 11.8 Å². The van der Waals surface area contributed by atoms with Crippen LogP contribution in [0.4, 0.5) is 5.69 Å². The van der Waals surface area contributed by atoms with E-state index in [0.29, 0.717) is 6.04 Å². The lowest BCUT2D eigenvalue weighted by molar-refractivity contribution is 0.195. The number of hydrogen-bond acceptors (Lipinski definition) is 3. The van der Waals surface area contributed by atoms with E-state index < -0.39 is 0 Å². The molecule has 76 valence electrons. The first kappa shape index (κ1) is 9.87. The van der Waals surface area contributed by atoms with Crippen LogP contribution in [0.2, 0.25) is 0 Å². The lowest BCUT2D eigenvalue weighted by Crippen LogP contribution is -2.18. The summed E-state index contributed by atoms with van der Waals surface area (Å²) in [6, 6.07) is 9.00. The number of ether oxygens (including phenoxy) is 1. The maximum Gasteiger partial charge on any atom is 0.0668 e. The standard InChI is InChI=1S/C11H15NOS/c1-14-11-4-2-3-9(7-11)12-10-5-6-13-8-10/h2-4,7,10,12H,5-6,8H2,1H3. The summed E-state index contributed by atoms with van der Waals surface area (Å²) in [6.45, 7) is 1.73. The van der Waals surface area contributed by atoms with Crippen molar-refractivity contribution in [1.82, 2.24) is 0 Å². The molecule has 1 N–H and O–H groups in total. The molecule has 1 unspecified atom stereocenters. The number of thioether (sulfide) groups is 1. The van der Waals surface area contributed by atoms with Gasteiger partial charge in [-0.15, -0.1) is 11.8 Å². The highest BCUT2D eigenvalue weighted by Crippen LogP contribution is 2.20. The van der Waals surface area contributed by atoms with Gasteiger partial charge >= 0.3 is 0 Å². The molecule has 2 rings (SSSR count). The third-order valence-electron chi connectivity index (χ3n) is 2.37. The molecule has 1 aromatic rings. The van der Waals surface area contributed by atoms with Gasteiger partial charge in [-0.25, -0.2) is 0 Å². The van der Waals surface area contributed by atoms with Crippen molar-refractivity contribution in [1.29, 1.82) is 0 Å². The van der Waals surface area contributed by atoms with Crippen LogP contribution < -0.4 is 5.32 Å². The maximum atomic E-state index is 5.32. The average molecular weight is 209 g/mol. The smallest absolute Gasteiger partial charge is 0.0668 e. The topological polar surface area (TPSA) is 21.3 Å². The van der Waals surface area contributed by atoms with Gasteiger partial charge in [-0.05, 0) is 30.9 Å². The second kappa shape index (κ2) is 4.71. The summed E-state index contributed by atoms with van der Waals surface area (Å²) in [5.74, 6) is 0. The van der Waals surface area contributed by atoms with Gasteiger partial charge in [0, 0.05) is 17.2 Å². The zero-order chi connectivity index (χ0) is 9.80. The summed E-state index contributed by atoms with van der Waals surface area (Å²) in [4.78, 5) is 1.30. The number of rotatable bonds is 3. The zero-order valence-electron chi connectivity index (χ0n) is 8.32. The maximum absolute atomic E-state index is 5.32. The Morgan fingerprint density at radius 1 is 1.50 bits per heavy atom. The second-order valence-corrected chi connectivity index (χ2v) is 4.32. The molecule has 2 nitrogen and oxygen atoms in total. The van der Waals surface area contributed by atoms with Gasteiger partial charge in [-0.3, -0.25) is 0 Å². The monoisotopic (exact) mass is 209 g/mol. The van der Waals surface area contributed by atoms with Crippen LogP contribution in [0.25, 0.3) is 0 Å². The molecular weight excluding hydrogens is 194 g/mol. The molecule has 1 aromatic carbocycles. The van der Waals surface area contributed by atoms with Crippen molar-refractivity contribution in [3.8, 4) is 0 Å². The van der Waals surface area contributed by atoms with E-state index in [1.165, 1.54) is 10.6 Å². The number of benzene rings is 1. The van der Waals surface area contributed by atoms with Crippen LogP contribution in [0.1, 0.15) is 6.42 Å². The van der Waals surface area contributed by atoms with Crippen molar-refractivity contribution in [2.24, 2.45) is 0 Å². The summed E-state index contributed by atoms with van der Waals surface area (Å²) < 4.78 is 5.32. The van der Waals surface area contributed by atoms with Gasteiger partial charge in [0.2, 0.25) is 0 Å². The van der Waals surface area contributed by atoms with Gasteiger partial charge in [0.25, 0.3) is 0 Å². The van der Waals surface area contributed by atoms with E-state index in [1.807, 2.05) is 0 Å². The quantitative estimate of drug-likeness (QED) is 0.773. The number of anilines is 1. The first-order valence-corrected chi connectivity index (χ1v) is 6.09. The van der Waals surface area contributed by atoms with E-state index in [4.69, 9.17) is 4.74 Å². The number of nitrogens with one attached hydrogen (secondary N) is 1. The van der Waals surface area contributed by atoms with Gasteiger partial charge in [-0.1, -0.05) is 6.07 Å². The SMILES string of the molecule is CSc1cccc(NC2CCOC2)c1. The first-order chi connectivity index (χ1) is 6.88. The van der Waals surface area contributed by atoms with Crippen molar-refractivity contribution in [2.75, 3.05) is 24.8 Å². The van der Waals surface area contributed by atoms with Crippen LogP contribution in [0.15, 0.2) is 29.2 Å². The molecule has 0 bridgehead atoms. The molecule has 1 atom stereocenters. The Balaban J connectivity index is 2.00. The van der Waals surface area contributed by atoms with Gasteiger partial charge in [0.15, 0.2) is 0 Å². The Bertz CT molecular complexity index is 297. The lowest BCUT2D eigenvalue weighted by Gasteiger charge is -2.12. The molecule has 0 saturated carbocycles. The summed E-state index contributed by atoms with van der Waals surface area (Å²) >= 11 is 1.77. The van der Waals surface area contributed by atoms with Crippen molar-refractivity contribution < 1.29 is 4.74 Å². The minimum atomic E-state index is 0.493. The van der Waals surface area contributed by atoms with Gasteiger partial charge in [-0.2, -0.15) is 0 Å². The van der Waals surface area contributed by atoms with Gasteiger partial charge < -0.3 is 10.1 Å². The van der Waals surface area contributed by atoms with Crippen LogP contribution in [-0.2, 0) is 4.74 Å². The molecule has 0 aromatic heterocycles. The molecule has 1 aliphatic heterocycles. The molecule has 1 fully saturated rings. The molecule has 0 amide bonds. The molecule has 1 heterocycles. The molecule has 14 heavy (non-hydrogen) atoms.